The topological polar surface area (TPSA) is 50.2 Å². The standard InChI is InChI=1S/C11H14FNO2/c1-3-4-7(2)10-9(12)5-8(6-13-10)11(14)15/h5-7H,3-4H2,1-2H3,(H,14,15). The molecule has 0 amide bonds. The molecule has 1 aromatic rings. The zero-order chi connectivity index (χ0) is 11.4. The smallest absolute Gasteiger partial charge is 0.337 e. The quantitative estimate of drug-likeness (QED) is 0.833. The molecule has 0 radical (unpaired) electrons. The highest BCUT2D eigenvalue weighted by molar-refractivity contribution is 5.87. The summed E-state index contributed by atoms with van der Waals surface area (Å²) in [5, 5.41) is 8.64. The highest BCUT2D eigenvalue weighted by Crippen LogP contribution is 2.21. The van der Waals surface area contributed by atoms with E-state index in [-0.39, 0.29) is 11.5 Å². The van der Waals surface area contributed by atoms with E-state index in [1.165, 1.54) is 6.20 Å². The molecule has 3 nitrogen and oxygen atoms in total. The van der Waals surface area contributed by atoms with E-state index in [2.05, 4.69) is 4.98 Å². The summed E-state index contributed by atoms with van der Waals surface area (Å²) in [7, 11) is 0. The predicted molar refractivity (Wildman–Crippen MR) is 54.5 cm³/mol. The van der Waals surface area contributed by atoms with E-state index in [4.69, 9.17) is 5.11 Å². The molecule has 82 valence electrons. The molecule has 0 spiro atoms. The van der Waals surface area contributed by atoms with Crippen molar-refractivity contribution >= 4 is 5.97 Å². The molecule has 4 heteroatoms. The molecule has 1 aromatic heterocycles. The van der Waals surface area contributed by atoms with Gasteiger partial charge in [0.05, 0.1) is 11.3 Å². The van der Waals surface area contributed by atoms with Crippen LogP contribution in [0.3, 0.4) is 0 Å². The number of hydrogen-bond acceptors (Lipinski definition) is 2. The summed E-state index contributed by atoms with van der Waals surface area (Å²) in [5.41, 5.74) is 0.238. The van der Waals surface area contributed by atoms with Crippen LogP contribution in [0.1, 0.15) is 48.7 Å². The Kier molecular flexibility index (Phi) is 3.77. The van der Waals surface area contributed by atoms with Crippen LogP contribution in [0.5, 0.6) is 0 Å². The van der Waals surface area contributed by atoms with E-state index in [9.17, 15) is 9.18 Å². The van der Waals surface area contributed by atoms with E-state index in [1.807, 2.05) is 13.8 Å². The van der Waals surface area contributed by atoms with Crippen LogP contribution in [0, 0.1) is 5.82 Å². The summed E-state index contributed by atoms with van der Waals surface area (Å²) in [6.07, 6.45) is 2.99. The van der Waals surface area contributed by atoms with Gasteiger partial charge in [-0.15, -0.1) is 0 Å². The van der Waals surface area contributed by atoms with Crippen LogP contribution in [-0.2, 0) is 0 Å². The van der Waals surface area contributed by atoms with Crippen molar-refractivity contribution < 1.29 is 14.3 Å². The molecular formula is C11H14FNO2. The molecule has 0 aliphatic heterocycles. The molecule has 0 fully saturated rings. The fourth-order valence-corrected chi connectivity index (χ4v) is 1.50. The van der Waals surface area contributed by atoms with Crippen molar-refractivity contribution in [2.24, 2.45) is 0 Å². The minimum Gasteiger partial charge on any atom is -0.478 e. The van der Waals surface area contributed by atoms with Crippen molar-refractivity contribution in [3.05, 3.63) is 29.3 Å². The first-order valence-corrected chi connectivity index (χ1v) is 4.95. The number of rotatable bonds is 4. The molecule has 1 unspecified atom stereocenters. The fraction of sp³-hybridized carbons (Fsp3) is 0.455. The van der Waals surface area contributed by atoms with Crippen molar-refractivity contribution in [1.82, 2.24) is 4.98 Å². The van der Waals surface area contributed by atoms with Gasteiger partial charge in [-0.05, 0) is 12.5 Å². The second-order valence-electron chi connectivity index (χ2n) is 3.59. The Morgan fingerprint density at radius 2 is 2.33 bits per heavy atom. The predicted octanol–water partition coefficient (Wildman–Crippen LogP) is 2.82. The zero-order valence-electron chi connectivity index (χ0n) is 8.83. The Morgan fingerprint density at radius 1 is 1.67 bits per heavy atom. The van der Waals surface area contributed by atoms with Crippen molar-refractivity contribution in [1.29, 1.82) is 0 Å². The van der Waals surface area contributed by atoms with Crippen LogP contribution < -0.4 is 0 Å². The fourth-order valence-electron chi connectivity index (χ4n) is 1.50. The maximum atomic E-state index is 13.5. The van der Waals surface area contributed by atoms with Gasteiger partial charge in [0.2, 0.25) is 0 Å². The van der Waals surface area contributed by atoms with Crippen LogP contribution >= 0.6 is 0 Å². The molecule has 0 bridgehead atoms. The van der Waals surface area contributed by atoms with Crippen molar-refractivity contribution in [3.63, 3.8) is 0 Å². The number of aromatic carboxylic acids is 1. The van der Waals surface area contributed by atoms with Gasteiger partial charge in [-0.3, -0.25) is 4.98 Å². The lowest BCUT2D eigenvalue weighted by Crippen LogP contribution is -2.05. The maximum Gasteiger partial charge on any atom is 0.337 e. The van der Waals surface area contributed by atoms with E-state index >= 15 is 0 Å². The number of nitrogens with zero attached hydrogens (tertiary/aromatic N) is 1. The minimum atomic E-state index is -1.16. The molecule has 0 aliphatic carbocycles. The summed E-state index contributed by atoms with van der Waals surface area (Å²) >= 11 is 0. The van der Waals surface area contributed by atoms with E-state index in [0.29, 0.717) is 5.69 Å². The first-order chi connectivity index (χ1) is 7.06. The Bertz CT molecular complexity index is 366. The molecule has 1 N–H and O–H groups in total. The van der Waals surface area contributed by atoms with Gasteiger partial charge in [0.25, 0.3) is 0 Å². The third-order valence-electron chi connectivity index (χ3n) is 2.31. The van der Waals surface area contributed by atoms with Gasteiger partial charge in [0.1, 0.15) is 5.82 Å². The highest BCUT2D eigenvalue weighted by atomic mass is 19.1. The SMILES string of the molecule is CCCC(C)c1ncc(C(=O)O)cc1F. The lowest BCUT2D eigenvalue weighted by molar-refractivity contribution is 0.0695. The monoisotopic (exact) mass is 211 g/mol. The van der Waals surface area contributed by atoms with Gasteiger partial charge in [-0.1, -0.05) is 20.3 Å². The number of pyridine rings is 1. The average molecular weight is 211 g/mol. The molecular weight excluding hydrogens is 197 g/mol. The van der Waals surface area contributed by atoms with E-state index in [0.717, 1.165) is 18.9 Å². The lowest BCUT2D eigenvalue weighted by atomic mass is 10.0. The first-order valence-electron chi connectivity index (χ1n) is 4.95. The number of carboxylic acids is 1. The molecule has 1 atom stereocenters. The van der Waals surface area contributed by atoms with Crippen LogP contribution in [0.25, 0.3) is 0 Å². The summed E-state index contributed by atoms with van der Waals surface area (Å²) in [4.78, 5) is 14.4. The average Bonchev–Trinajstić information content (AvgIpc) is 2.17. The van der Waals surface area contributed by atoms with Crippen LogP contribution in [0.15, 0.2) is 12.3 Å². The number of carbonyl (C=O) groups is 1. The molecule has 15 heavy (non-hydrogen) atoms. The number of aromatic nitrogens is 1. The van der Waals surface area contributed by atoms with Gasteiger partial charge in [-0.25, -0.2) is 9.18 Å². The summed E-state index contributed by atoms with van der Waals surface area (Å²) in [5.74, 6) is -1.66. The number of halogens is 1. The molecule has 0 aliphatic rings. The van der Waals surface area contributed by atoms with Gasteiger partial charge in [0, 0.05) is 12.1 Å². The van der Waals surface area contributed by atoms with Crippen LogP contribution in [0.2, 0.25) is 0 Å². The highest BCUT2D eigenvalue weighted by Gasteiger charge is 2.14. The number of hydrogen-bond donors (Lipinski definition) is 1. The lowest BCUT2D eigenvalue weighted by Gasteiger charge is -2.10. The minimum absolute atomic E-state index is 0.0258. The van der Waals surface area contributed by atoms with Gasteiger partial charge in [0.15, 0.2) is 0 Å². The Balaban J connectivity index is 2.97. The van der Waals surface area contributed by atoms with Crippen LogP contribution in [-0.4, -0.2) is 16.1 Å². The molecule has 1 rings (SSSR count). The molecule has 0 aromatic carbocycles. The normalized spacial score (nSPS) is 12.5. The Morgan fingerprint density at radius 3 is 2.80 bits per heavy atom. The second-order valence-corrected chi connectivity index (χ2v) is 3.59. The third-order valence-corrected chi connectivity index (χ3v) is 2.31. The summed E-state index contributed by atoms with van der Waals surface area (Å²) < 4.78 is 13.5. The molecule has 0 saturated heterocycles. The van der Waals surface area contributed by atoms with Crippen molar-refractivity contribution in [3.8, 4) is 0 Å². The van der Waals surface area contributed by atoms with Gasteiger partial charge in [-0.2, -0.15) is 0 Å². The summed E-state index contributed by atoms with van der Waals surface area (Å²) in [6, 6.07) is 1.02. The van der Waals surface area contributed by atoms with E-state index < -0.39 is 11.8 Å². The van der Waals surface area contributed by atoms with Gasteiger partial charge < -0.3 is 5.11 Å². The third kappa shape index (κ3) is 2.75. The number of carboxylic acid groups (broad SMARTS) is 1. The van der Waals surface area contributed by atoms with Crippen molar-refractivity contribution in [2.45, 2.75) is 32.6 Å². The molecule has 0 saturated carbocycles. The summed E-state index contributed by atoms with van der Waals surface area (Å²) in [6.45, 7) is 3.90. The zero-order valence-corrected chi connectivity index (χ0v) is 8.83. The first kappa shape index (κ1) is 11.6. The molecule has 1 heterocycles. The Labute approximate surface area is 88.0 Å². The second kappa shape index (κ2) is 4.87. The maximum absolute atomic E-state index is 13.5. The van der Waals surface area contributed by atoms with Crippen LogP contribution in [0.4, 0.5) is 4.39 Å². The van der Waals surface area contributed by atoms with E-state index in [1.54, 1.807) is 0 Å². The van der Waals surface area contributed by atoms with Crippen molar-refractivity contribution in [2.75, 3.05) is 0 Å². The van der Waals surface area contributed by atoms with Gasteiger partial charge >= 0.3 is 5.97 Å². The Hall–Kier alpha value is -1.45. The largest absolute Gasteiger partial charge is 0.478 e.